The summed E-state index contributed by atoms with van der Waals surface area (Å²) in [6.45, 7) is 1.58. The Labute approximate surface area is 140 Å². The van der Waals surface area contributed by atoms with Crippen molar-refractivity contribution in [3.63, 3.8) is 0 Å². The molecule has 2 heterocycles. The van der Waals surface area contributed by atoms with Gasteiger partial charge in [-0.15, -0.1) is 0 Å². The standard InChI is InChI=1S/C18H18N4O2/c19-10-12-9-17(21-15-4-2-1-3-14(12)15)22-7-8-24-16(11-22)18(23)20-13-5-6-13/h1-4,9,13,16H,5-8,11H2,(H,20,23). The van der Waals surface area contributed by atoms with Gasteiger partial charge in [0.1, 0.15) is 5.82 Å². The van der Waals surface area contributed by atoms with E-state index in [0.29, 0.717) is 31.3 Å². The van der Waals surface area contributed by atoms with Gasteiger partial charge in [0.15, 0.2) is 6.10 Å². The van der Waals surface area contributed by atoms with Gasteiger partial charge in [0.05, 0.1) is 30.3 Å². The minimum atomic E-state index is -0.488. The predicted octanol–water partition coefficient (Wildman–Crippen LogP) is 1.59. The number of fused-ring (bicyclic) bond motifs is 1. The zero-order valence-corrected chi connectivity index (χ0v) is 13.2. The molecule has 1 aliphatic carbocycles. The molecule has 1 saturated carbocycles. The number of morpholine rings is 1. The number of hydrogen-bond acceptors (Lipinski definition) is 5. The molecule has 0 radical (unpaired) electrons. The largest absolute Gasteiger partial charge is 0.365 e. The van der Waals surface area contributed by atoms with E-state index in [9.17, 15) is 10.1 Å². The molecular weight excluding hydrogens is 304 g/mol. The minimum Gasteiger partial charge on any atom is -0.365 e. The van der Waals surface area contributed by atoms with Gasteiger partial charge in [-0.25, -0.2) is 4.98 Å². The van der Waals surface area contributed by atoms with E-state index < -0.39 is 6.10 Å². The van der Waals surface area contributed by atoms with Crippen LogP contribution in [0.25, 0.3) is 10.9 Å². The zero-order chi connectivity index (χ0) is 16.5. The second-order valence-corrected chi connectivity index (χ2v) is 6.25. The SMILES string of the molecule is N#Cc1cc(N2CCOC(C(=O)NC3CC3)C2)nc2ccccc12. The third-order valence-corrected chi connectivity index (χ3v) is 4.43. The maximum atomic E-state index is 12.2. The van der Waals surface area contributed by atoms with Gasteiger partial charge in [-0.05, 0) is 25.0 Å². The summed E-state index contributed by atoms with van der Waals surface area (Å²) in [5, 5.41) is 13.3. The molecule has 1 N–H and O–H groups in total. The number of rotatable bonds is 3. The van der Waals surface area contributed by atoms with Crippen LogP contribution in [0.3, 0.4) is 0 Å². The monoisotopic (exact) mass is 322 g/mol. The summed E-state index contributed by atoms with van der Waals surface area (Å²) in [6.07, 6.45) is 1.62. The minimum absolute atomic E-state index is 0.0523. The van der Waals surface area contributed by atoms with E-state index in [4.69, 9.17) is 4.74 Å². The number of nitrogens with zero attached hydrogens (tertiary/aromatic N) is 3. The van der Waals surface area contributed by atoms with E-state index in [1.54, 1.807) is 6.07 Å². The molecule has 1 unspecified atom stereocenters. The highest BCUT2D eigenvalue weighted by atomic mass is 16.5. The quantitative estimate of drug-likeness (QED) is 0.928. The Hall–Kier alpha value is -2.65. The van der Waals surface area contributed by atoms with Gasteiger partial charge in [0.2, 0.25) is 0 Å². The molecule has 1 amide bonds. The molecule has 2 fully saturated rings. The number of benzene rings is 1. The number of amides is 1. The van der Waals surface area contributed by atoms with Gasteiger partial charge in [-0.1, -0.05) is 18.2 Å². The first-order chi connectivity index (χ1) is 11.7. The summed E-state index contributed by atoms with van der Waals surface area (Å²) in [7, 11) is 0. The number of para-hydroxylation sites is 1. The molecule has 4 rings (SSSR count). The lowest BCUT2D eigenvalue weighted by molar-refractivity contribution is -0.133. The van der Waals surface area contributed by atoms with Gasteiger partial charge in [0.25, 0.3) is 5.91 Å². The van der Waals surface area contributed by atoms with E-state index in [-0.39, 0.29) is 5.91 Å². The van der Waals surface area contributed by atoms with Crippen molar-refractivity contribution < 1.29 is 9.53 Å². The molecular formula is C18H18N4O2. The fourth-order valence-corrected chi connectivity index (χ4v) is 2.95. The number of aromatic nitrogens is 1. The normalized spacial score (nSPS) is 20.6. The highest BCUT2D eigenvalue weighted by Gasteiger charge is 2.31. The maximum Gasteiger partial charge on any atom is 0.251 e. The topological polar surface area (TPSA) is 78.2 Å². The Morgan fingerprint density at radius 2 is 2.21 bits per heavy atom. The van der Waals surface area contributed by atoms with Crippen molar-refractivity contribution >= 4 is 22.6 Å². The molecule has 1 atom stereocenters. The Bertz CT molecular complexity index is 825. The number of carbonyl (C=O) groups is 1. The van der Waals surface area contributed by atoms with E-state index in [1.165, 1.54) is 0 Å². The van der Waals surface area contributed by atoms with Crippen molar-refractivity contribution in [3.05, 3.63) is 35.9 Å². The molecule has 2 aliphatic rings. The van der Waals surface area contributed by atoms with E-state index >= 15 is 0 Å². The van der Waals surface area contributed by atoms with Crippen LogP contribution in [0.2, 0.25) is 0 Å². The zero-order valence-electron chi connectivity index (χ0n) is 13.2. The number of nitriles is 1. The first-order valence-electron chi connectivity index (χ1n) is 8.21. The lowest BCUT2D eigenvalue weighted by Gasteiger charge is -2.33. The molecule has 1 aromatic heterocycles. The van der Waals surface area contributed by atoms with E-state index in [0.717, 1.165) is 29.6 Å². The molecule has 1 aromatic carbocycles. The number of anilines is 1. The second kappa shape index (κ2) is 6.10. The number of hydrogen-bond donors (Lipinski definition) is 1. The fourth-order valence-electron chi connectivity index (χ4n) is 2.95. The number of nitrogens with one attached hydrogen (secondary N) is 1. The maximum absolute atomic E-state index is 12.2. The summed E-state index contributed by atoms with van der Waals surface area (Å²) in [5.74, 6) is 0.668. The lowest BCUT2D eigenvalue weighted by Crippen LogP contribution is -2.50. The Kier molecular flexibility index (Phi) is 3.79. The lowest BCUT2D eigenvalue weighted by atomic mass is 10.1. The van der Waals surface area contributed by atoms with Gasteiger partial charge in [-0.3, -0.25) is 4.79 Å². The van der Waals surface area contributed by atoms with E-state index in [1.807, 2.05) is 29.2 Å². The Morgan fingerprint density at radius 3 is 3.00 bits per heavy atom. The van der Waals surface area contributed by atoms with Crippen molar-refractivity contribution in [2.45, 2.75) is 25.0 Å². The van der Waals surface area contributed by atoms with Crippen molar-refractivity contribution in [2.24, 2.45) is 0 Å². The first-order valence-corrected chi connectivity index (χ1v) is 8.21. The number of pyridine rings is 1. The molecule has 0 spiro atoms. The van der Waals surface area contributed by atoms with Crippen molar-refractivity contribution in [3.8, 4) is 6.07 Å². The summed E-state index contributed by atoms with van der Waals surface area (Å²) >= 11 is 0. The van der Waals surface area contributed by atoms with E-state index in [2.05, 4.69) is 16.4 Å². The second-order valence-electron chi connectivity index (χ2n) is 6.25. The van der Waals surface area contributed by atoms with Crippen LogP contribution in [0.4, 0.5) is 5.82 Å². The van der Waals surface area contributed by atoms with Crippen LogP contribution in [0.1, 0.15) is 18.4 Å². The van der Waals surface area contributed by atoms with Crippen LogP contribution in [0.5, 0.6) is 0 Å². The van der Waals surface area contributed by atoms with Crippen molar-refractivity contribution in [2.75, 3.05) is 24.6 Å². The molecule has 0 bridgehead atoms. The Morgan fingerprint density at radius 1 is 1.38 bits per heavy atom. The molecule has 6 nitrogen and oxygen atoms in total. The first kappa shape index (κ1) is 14.9. The van der Waals surface area contributed by atoms with Gasteiger partial charge in [-0.2, -0.15) is 5.26 Å². The van der Waals surface area contributed by atoms with Crippen LogP contribution in [0.15, 0.2) is 30.3 Å². The summed E-state index contributed by atoms with van der Waals surface area (Å²) in [4.78, 5) is 18.9. The molecule has 1 saturated heterocycles. The summed E-state index contributed by atoms with van der Waals surface area (Å²) in [5.41, 5.74) is 1.39. The van der Waals surface area contributed by atoms with Crippen LogP contribution < -0.4 is 10.2 Å². The van der Waals surface area contributed by atoms with Crippen LogP contribution in [-0.2, 0) is 9.53 Å². The van der Waals surface area contributed by atoms with Crippen molar-refractivity contribution in [1.29, 1.82) is 5.26 Å². The molecule has 1 aliphatic heterocycles. The highest BCUT2D eigenvalue weighted by molar-refractivity contribution is 5.87. The number of ether oxygens (including phenoxy) is 1. The smallest absolute Gasteiger partial charge is 0.251 e. The average Bonchev–Trinajstić information content (AvgIpc) is 3.44. The molecule has 24 heavy (non-hydrogen) atoms. The average molecular weight is 322 g/mol. The molecule has 122 valence electrons. The Balaban J connectivity index is 1.59. The predicted molar refractivity (Wildman–Crippen MR) is 89.6 cm³/mol. The summed E-state index contributed by atoms with van der Waals surface area (Å²) < 4.78 is 5.62. The molecule has 6 heteroatoms. The van der Waals surface area contributed by atoms with Crippen LogP contribution in [0, 0.1) is 11.3 Å². The highest BCUT2D eigenvalue weighted by Crippen LogP contribution is 2.24. The summed E-state index contributed by atoms with van der Waals surface area (Å²) in [6, 6.07) is 12.0. The fraction of sp³-hybridized carbons (Fsp3) is 0.389. The third kappa shape index (κ3) is 2.91. The van der Waals surface area contributed by atoms with Crippen LogP contribution in [-0.4, -0.2) is 42.7 Å². The van der Waals surface area contributed by atoms with Crippen molar-refractivity contribution in [1.82, 2.24) is 10.3 Å². The number of carbonyl (C=O) groups excluding carboxylic acids is 1. The van der Waals surface area contributed by atoms with Gasteiger partial charge in [0, 0.05) is 18.0 Å². The van der Waals surface area contributed by atoms with Crippen LogP contribution >= 0.6 is 0 Å². The third-order valence-electron chi connectivity index (χ3n) is 4.43. The van der Waals surface area contributed by atoms with Gasteiger partial charge >= 0.3 is 0 Å². The molecule has 2 aromatic rings. The van der Waals surface area contributed by atoms with Gasteiger partial charge < -0.3 is 15.0 Å².